The van der Waals surface area contributed by atoms with E-state index in [0.29, 0.717) is 0 Å². The molecule has 0 saturated carbocycles. The van der Waals surface area contributed by atoms with Gasteiger partial charge in [-0.3, -0.25) is 9.11 Å². The first-order valence-corrected chi connectivity index (χ1v) is 17.4. The van der Waals surface area contributed by atoms with Gasteiger partial charge in [-0.05, 0) is 52.9 Å². The van der Waals surface area contributed by atoms with E-state index in [9.17, 15) is 0 Å². The van der Waals surface area contributed by atoms with Crippen molar-refractivity contribution < 1.29 is 62.3 Å². The molecule has 174 valence electrons. The zero-order valence-corrected chi connectivity index (χ0v) is 26.1. The van der Waals surface area contributed by atoms with Gasteiger partial charge in [0.2, 0.25) is 0 Å². The van der Waals surface area contributed by atoms with E-state index in [1.54, 1.807) is 22.7 Å². The number of nitrogen functional groups attached to an aromatic ring is 2. The molecule has 0 spiro atoms. The maximum absolute atomic E-state index is 8.74. The standard InChI is InChI=1S/C7H5IN2S.C7H6N2S.2Ag.I2.H2O4S/c8-6-4(9)1-2-5-7(6)11-3-10-5;8-5-1-2-6-7(3-5)10-4-9-6;;;1-2;1-5(2,3)4/h1-3H,9H2;1-4H,8H2;;;;(H2,1,2,3,4). The van der Waals surface area contributed by atoms with E-state index in [4.69, 9.17) is 29.0 Å². The average molecular weight is 994 g/mol. The molecule has 0 atom stereocenters. The van der Waals surface area contributed by atoms with Gasteiger partial charge in [-0.15, -0.1) is 22.7 Å². The third kappa shape index (κ3) is 12.6. The second-order valence-corrected chi connectivity index (χ2v) is 8.41. The monoisotopic (exact) mass is 992 g/mol. The molecule has 0 saturated heterocycles. The van der Waals surface area contributed by atoms with Crippen LogP contribution in [-0.4, -0.2) is 27.5 Å². The zero-order chi connectivity index (χ0) is 21.3. The third-order valence-electron chi connectivity index (χ3n) is 2.82. The number of anilines is 2. The molecular formula is C14H13Ag2I3N4O4S3. The van der Waals surface area contributed by atoms with Crippen LogP contribution in [0.15, 0.2) is 41.4 Å². The molecule has 0 aliphatic rings. The van der Waals surface area contributed by atoms with Crippen LogP contribution in [0.1, 0.15) is 0 Å². The summed E-state index contributed by atoms with van der Waals surface area (Å²) < 4.78 is 35.0. The predicted molar refractivity (Wildman–Crippen MR) is 143 cm³/mol. The molecule has 0 unspecified atom stereocenters. The number of aromatic nitrogens is 2. The van der Waals surface area contributed by atoms with E-state index >= 15 is 0 Å². The van der Waals surface area contributed by atoms with Crippen molar-refractivity contribution >= 4 is 125 Å². The molecule has 0 amide bonds. The summed E-state index contributed by atoms with van der Waals surface area (Å²) in [4.78, 5) is 8.30. The summed E-state index contributed by atoms with van der Waals surface area (Å²) >= 11 is 9.72. The molecule has 0 bridgehead atoms. The van der Waals surface area contributed by atoms with Crippen LogP contribution in [0.2, 0.25) is 0 Å². The van der Waals surface area contributed by atoms with Gasteiger partial charge >= 0.3 is 10.4 Å². The Morgan fingerprint density at radius 1 is 0.900 bits per heavy atom. The summed E-state index contributed by atoms with van der Waals surface area (Å²) in [7, 11) is -4.67. The van der Waals surface area contributed by atoms with Gasteiger partial charge in [-0.25, -0.2) is 9.97 Å². The number of hydrogen-bond acceptors (Lipinski definition) is 8. The number of nitrogens with two attached hydrogens (primary N) is 2. The van der Waals surface area contributed by atoms with Crippen LogP contribution in [0, 0.1) is 3.57 Å². The fraction of sp³-hybridized carbons (Fsp3) is 0. The largest absolute Gasteiger partial charge is 0.399 e. The molecule has 2 aromatic heterocycles. The van der Waals surface area contributed by atoms with Crippen molar-refractivity contribution in [1.82, 2.24) is 9.97 Å². The predicted octanol–water partition coefficient (Wildman–Crippen LogP) is 5.48. The molecule has 2 aromatic carbocycles. The molecule has 30 heavy (non-hydrogen) atoms. The minimum absolute atomic E-state index is 0. The third-order valence-corrected chi connectivity index (χ3v) is 6.00. The molecule has 2 heterocycles. The fourth-order valence-electron chi connectivity index (χ4n) is 1.78. The van der Waals surface area contributed by atoms with Crippen LogP contribution >= 0.6 is 82.5 Å². The van der Waals surface area contributed by atoms with E-state index in [1.807, 2.05) is 41.4 Å². The molecule has 0 aliphatic carbocycles. The average Bonchev–Trinajstić information content (AvgIpc) is 3.28. The number of hydrogen-bond donors (Lipinski definition) is 4. The molecule has 0 aliphatic heterocycles. The summed E-state index contributed by atoms with van der Waals surface area (Å²) in [5.74, 6) is 0. The Morgan fingerprint density at radius 3 is 2.00 bits per heavy atom. The number of thiazole rings is 2. The van der Waals surface area contributed by atoms with Crippen molar-refractivity contribution in [1.29, 1.82) is 0 Å². The van der Waals surface area contributed by atoms with Crippen molar-refractivity contribution in [3.05, 3.63) is 44.9 Å². The summed E-state index contributed by atoms with van der Waals surface area (Å²) in [6.07, 6.45) is 0. The van der Waals surface area contributed by atoms with Gasteiger partial charge in [0.05, 0.1) is 35.0 Å². The van der Waals surface area contributed by atoms with Crippen LogP contribution in [0.5, 0.6) is 0 Å². The molecule has 8 nitrogen and oxygen atoms in total. The maximum atomic E-state index is 8.74. The first-order valence-electron chi connectivity index (χ1n) is 6.85. The van der Waals surface area contributed by atoms with Crippen LogP contribution in [0.3, 0.4) is 0 Å². The van der Waals surface area contributed by atoms with Gasteiger partial charge in [0, 0.05) is 93.4 Å². The SMILES string of the molecule is II.Nc1ccc2ncsc2c1.Nc1ccc2ncsc2c1I.O=S(=O)(O)O.[Ag].[Ag]. The molecule has 2 radical (unpaired) electrons. The zero-order valence-electron chi connectivity index (χ0n) is 14.3. The molecular weight excluding hydrogens is 981 g/mol. The number of rotatable bonds is 0. The van der Waals surface area contributed by atoms with Crippen molar-refractivity contribution in [3.63, 3.8) is 0 Å². The van der Waals surface area contributed by atoms with Crippen LogP contribution in [-0.2, 0) is 55.2 Å². The second-order valence-electron chi connectivity index (χ2n) is 4.70. The number of benzene rings is 2. The molecule has 4 aromatic rings. The number of halogens is 3. The van der Waals surface area contributed by atoms with Crippen LogP contribution in [0.25, 0.3) is 20.4 Å². The normalized spacial score (nSPS) is 9.50. The number of nitrogens with zero attached hydrogens (tertiary/aromatic N) is 2. The summed E-state index contributed by atoms with van der Waals surface area (Å²) in [6, 6.07) is 9.57. The van der Waals surface area contributed by atoms with Crippen molar-refractivity contribution in [2.45, 2.75) is 0 Å². The van der Waals surface area contributed by atoms with Gasteiger partial charge in [0.15, 0.2) is 0 Å². The maximum Gasteiger partial charge on any atom is 0.394 e. The smallest absolute Gasteiger partial charge is 0.394 e. The van der Waals surface area contributed by atoms with Crippen LogP contribution < -0.4 is 11.5 Å². The minimum atomic E-state index is -4.67. The van der Waals surface area contributed by atoms with Gasteiger partial charge in [0.1, 0.15) is 0 Å². The topological polar surface area (TPSA) is 152 Å². The summed E-state index contributed by atoms with van der Waals surface area (Å²) in [5, 5.41) is 0. The minimum Gasteiger partial charge on any atom is -0.399 e. The van der Waals surface area contributed by atoms with Crippen molar-refractivity contribution in [3.8, 4) is 0 Å². The molecule has 6 N–H and O–H groups in total. The molecule has 4 rings (SSSR count). The fourth-order valence-corrected chi connectivity index (χ4v) is 4.08. The Balaban J connectivity index is 0. The summed E-state index contributed by atoms with van der Waals surface area (Å²) in [5.41, 5.74) is 18.6. The Bertz CT molecular complexity index is 1140. The Labute approximate surface area is 249 Å². The van der Waals surface area contributed by atoms with Crippen LogP contribution in [0.4, 0.5) is 11.4 Å². The first-order chi connectivity index (χ1) is 13.1. The van der Waals surface area contributed by atoms with Crippen molar-refractivity contribution in [2.24, 2.45) is 0 Å². The Kier molecular flexibility index (Phi) is 18.9. The Hall–Kier alpha value is 1.36. The molecule has 16 heteroatoms. The first kappa shape index (κ1) is 33.5. The van der Waals surface area contributed by atoms with Gasteiger partial charge in [-0.1, -0.05) is 0 Å². The van der Waals surface area contributed by atoms with E-state index in [-0.39, 0.29) is 44.8 Å². The summed E-state index contributed by atoms with van der Waals surface area (Å²) in [6.45, 7) is 0. The quantitative estimate of drug-likeness (QED) is 0.0784. The van der Waals surface area contributed by atoms with Gasteiger partial charge in [-0.2, -0.15) is 8.42 Å². The number of fused-ring (bicyclic) bond motifs is 2. The second kappa shape index (κ2) is 16.9. The van der Waals surface area contributed by atoms with Crippen molar-refractivity contribution in [2.75, 3.05) is 11.5 Å². The van der Waals surface area contributed by atoms with E-state index in [2.05, 4.69) is 69.8 Å². The van der Waals surface area contributed by atoms with Gasteiger partial charge < -0.3 is 11.5 Å². The Morgan fingerprint density at radius 2 is 1.40 bits per heavy atom. The molecule has 0 fully saturated rings. The van der Waals surface area contributed by atoms with Gasteiger partial charge in [0.25, 0.3) is 0 Å². The van der Waals surface area contributed by atoms with E-state index in [1.165, 1.54) is 4.70 Å². The van der Waals surface area contributed by atoms with E-state index in [0.717, 1.165) is 30.7 Å². The van der Waals surface area contributed by atoms with E-state index < -0.39 is 10.4 Å².